The Morgan fingerprint density at radius 1 is 1.33 bits per heavy atom. The van der Waals surface area contributed by atoms with Gasteiger partial charge in [0.2, 0.25) is 0 Å². The van der Waals surface area contributed by atoms with E-state index in [0.29, 0.717) is 0 Å². The van der Waals surface area contributed by atoms with E-state index < -0.39 is 0 Å². The molecule has 0 N–H and O–H groups in total. The lowest BCUT2D eigenvalue weighted by Gasteiger charge is -2.29. The van der Waals surface area contributed by atoms with Crippen molar-refractivity contribution in [3.63, 3.8) is 0 Å². The number of hydrogen-bond acceptors (Lipinski definition) is 3. The number of halogens is 1. The van der Waals surface area contributed by atoms with Crippen LogP contribution in [0.1, 0.15) is 51.5 Å². The van der Waals surface area contributed by atoms with E-state index in [1.54, 1.807) is 11.3 Å². The molecule has 0 aromatic carbocycles. The molecule has 1 aliphatic heterocycles. The van der Waals surface area contributed by atoms with Gasteiger partial charge in [-0.25, -0.2) is 4.99 Å². The molecule has 0 atom stereocenters. The Balaban J connectivity index is 2.15. The Hall–Kier alpha value is -0.540. The molecule has 100 valence electrons. The molecule has 0 saturated heterocycles. The van der Waals surface area contributed by atoms with Crippen molar-refractivity contribution in [2.45, 2.75) is 52.5 Å². The Labute approximate surface area is 119 Å². The smallest absolute Gasteiger partial charge is 0.124 e. The number of hydrogen-bond donors (Lipinski definition) is 0. The SMILES string of the molecule is CCCCC1=Nc2sc(Cl)cc2CN1CCCC. The molecule has 2 nitrogen and oxygen atoms in total. The molecule has 18 heavy (non-hydrogen) atoms. The molecule has 1 aliphatic rings. The zero-order valence-corrected chi connectivity index (χ0v) is 12.8. The van der Waals surface area contributed by atoms with Crippen LogP contribution in [0.15, 0.2) is 11.1 Å². The monoisotopic (exact) mass is 284 g/mol. The summed E-state index contributed by atoms with van der Waals surface area (Å²) in [6.45, 7) is 6.57. The zero-order chi connectivity index (χ0) is 13.0. The molecule has 1 aromatic rings. The van der Waals surface area contributed by atoms with Crippen molar-refractivity contribution in [1.29, 1.82) is 0 Å². The Bertz CT molecular complexity index is 425. The Kier molecular flexibility index (Phi) is 5.07. The molecule has 0 unspecified atom stereocenters. The van der Waals surface area contributed by atoms with Gasteiger partial charge in [-0.3, -0.25) is 0 Å². The van der Waals surface area contributed by atoms with Crippen LogP contribution in [0.3, 0.4) is 0 Å². The number of rotatable bonds is 6. The van der Waals surface area contributed by atoms with Gasteiger partial charge in [0.25, 0.3) is 0 Å². The maximum atomic E-state index is 6.09. The maximum absolute atomic E-state index is 6.09. The van der Waals surface area contributed by atoms with Crippen molar-refractivity contribution in [2.24, 2.45) is 4.99 Å². The van der Waals surface area contributed by atoms with Crippen LogP contribution in [-0.2, 0) is 6.54 Å². The van der Waals surface area contributed by atoms with Crippen LogP contribution in [-0.4, -0.2) is 17.3 Å². The summed E-state index contributed by atoms with van der Waals surface area (Å²) in [4.78, 5) is 7.25. The van der Waals surface area contributed by atoms with Gasteiger partial charge in [-0.15, -0.1) is 11.3 Å². The number of nitrogens with zero attached hydrogens (tertiary/aromatic N) is 2. The molecular weight excluding hydrogens is 264 g/mol. The van der Waals surface area contributed by atoms with Gasteiger partial charge in [0, 0.05) is 25.1 Å². The first kappa shape index (κ1) is 13.9. The van der Waals surface area contributed by atoms with Gasteiger partial charge in [-0.05, 0) is 18.9 Å². The summed E-state index contributed by atoms with van der Waals surface area (Å²) in [5, 5.41) is 1.12. The van der Waals surface area contributed by atoms with Crippen LogP contribution >= 0.6 is 22.9 Å². The minimum Gasteiger partial charge on any atom is -0.356 e. The number of amidine groups is 1. The fourth-order valence-electron chi connectivity index (χ4n) is 2.18. The number of aliphatic imine (C=N–C) groups is 1. The Morgan fingerprint density at radius 2 is 2.11 bits per heavy atom. The maximum Gasteiger partial charge on any atom is 0.124 e. The van der Waals surface area contributed by atoms with Crippen LogP contribution in [0.5, 0.6) is 0 Å². The lowest BCUT2D eigenvalue weighted by Crippen LogP contribution is -2.33. The molecule has 0 radical (unpaired) electrons. The molecule has 0 fully saturated rings. The van der Waals surface area contributed by atoms with Crippen molar-refractivity contribution >= 4 is 33.8 Å². The van der Waals surface area contributed by atoms with E-state index in [1.165, 1.54) is 37.1 Å². The van der Waals surface area contributed by atoms with Gasteiger partial charge in [0.05, 0.1) is 4.34 Å². The highest BCUT2D eigenvalue weighted by atomic mass is 35.5. The highest BCUT2D eigenvalue weighted by Crippen LogP contribution is 2.38. The largest absolute Gasteiger partial charge is 0.356 e. The van der Waals surface area contributed by atoms with Crippen LogP contribution in [0.4, 0.5) is 5.00 Å². The second-order valence-corrected chi connectivity index (χ2v) is 6.45. The van der Waals surface area contributed by atoms with Gasteiger partial charge in [-0.1, -0.05) is 38.3 Å². The average molecular weight is 285 g/mol. The fourth-order valence-corrected chi connectivity index (χ4v) is 3.33. The summed E-state index contributed by atoms with van der Waals surface area (Å²) < 4.78 is 0.857. The summed E-state index contributed by atoms with van der Waals surface area (Å²) in [6.07, 6.45) is 6.00. The quantitative estimate of drug-likeness (QED) is 0.698. The zero-order valence-electron chi connectivity index (χ0n) is 11.2. The van der Waals surface area contributed by atoms with E-state index in [9.17, 15) is 0 Å². The minimum absolute atomic E-state index is 0.857. The van der Waals surface area contributed by atoms with Gasteiger partial charge < -0.3 is 4.90 Å². The van der Waals surface area contributed by atoms with Gasteiger partial charge in [-0.2, -0.15) is 0 Å². The predicted molar refractivity (Wildman–Crippen MR) is 81.3 cm³/mol. The van der Waals surface area contributed by atoms with Crippen LogP contribution < -0.4 is 0 Å². The standard InChI is InChI=1S/C14H21ClN2S/c1-3-5-7-13-16-14-11(9-12(15)18-14)10-17(13)8-6-4-2/h9H,3-8,10H2,1-2H3. The topological polar surface area (TPSA) is 15.6 Å². The third-order valence-corrected chi connectivity index (χ3v) is 4.45. The van der Waals surface area contributed by atoms with Crippen molar-refractivity contribution in [2.75, 3.05) is 6.54 Å². The number of fused-ring (bicyclic) bond motifs is 1. The highest BCUT2D eigenvalue weighted by molar-refractivity contribution is 7.19. The lowest BCUT2D eigenvalue weighted by atomic mass is 10.1. The minimum atomic E-state index is 0.857. The van der Waals surface area contributed by atoms with Crippen LogP contribution in [0.25, 0.3) is 0 Å². The van der Waals surface area contributed by atoms with Crippen LogP contribution in [0.2, 0.25) is 4.34 Å². The van der Waals surface area contributed by atoms with E-state index in [1.807, 2.05) is 0 Å². The highest BCUT2D eigenvalue weighted by Gasteiger charge is 2.20. The third kappa shape index (κ3) is 3.27. The summed E-state index contributed by atoms with van der Waals surface area (Å²) in [5.74, 6) is 1.26. The lowest BCUT2D eigenvalue weighted by molar-refractivity contribution is 0.388. The van der Waals surface area contributed by atoms with E-state index in [2.05, 4.69) is 24.8 Å². The van der Waals surface area contributed by atoms with Gasteiger partial charge in [0.15, 0.2) is 0 Å². The van der Waals surface area contributed by atoms with E-state index >= 15 is 0 Å². The van der Waals surface area contributed by atoms with Crippen molar-refractivity contribution in [1.82, 2.24) is 4.90 Å². The van der Waals surface area contributed by atoms with E-state index in [4.69, 9.17) is 16.6 Å². The fraction of sp³-hybridized carbons (Fsp3) is 0.643. The third-order valence-electron chi connectivity index (χ3n) is 3.25. The molecular formula is C14H21ClN2S. The summed E-state index contributed by atoms with van der Waals surface area (Å²) in [5.41, 5.74) is 1.29. The molecule has 0 amide bonds. The predicted octanol–water partition coefficient (Wildman–Crippen LogP) is 5.24. The molecule has 0 aliphatic carbocycles. The molecule has 0 spiro atoms. The number of thiophene rings is 1. The average Bonchev–Trinajstić information content (AvgIpc) is 2.72. The summed E-state index contributed by atoms with van der Waals surface area (Å²) in [6, 6.07) is 2.07. The second kappa shape index (κ2) is 6.58. The molecule has 0 saturated carbocycles. The molecule has 1 aromatic heterocycles. The first-order valence-corrected chi connectivity index (χ1v) is 8.04. The van der Waals surface area contributed by atoms with Gasteiger partial charge in [0.1, 0.15) is 10.8 Å². The molecule has 4 heteroatoms. The van der Waals surface area contributed by atoms with Crippen molar-refractivity contribution in [3.8, 4) is 0 Å². The first-order chi connectivity index (χ1) is 8.74. The number of unbranched alkanes of at least 4 members (excludes halogenated alkanes) is 2. The molecule has 0 bridgehead atoms. The normalized spacial score (nSPS) is 14.6. The van der Waals surface area contributed by atoms with Crippen molar-refractivity contribution < 1.29 is 0 Å². The van der Waals surface area contributed by atoms with Crippen molar-refractivity contribution in [3.05, 3.63) is 16.0 Å². The van der Waals surface area contributed by atoms with E-state index in [-0.39, 0.29) is 0 Å². The van der Waals surface area contributed by atoms with E-state index in [0.717, 1.165) is 28.8 Å². The van der Waals surface area contributed by atoms with Crippen LogP contribution in [0, 0.1) is 0 Å². The first-order valence-electron chi connectivity index (χ1n) is 6.85. The second-order valence-electron chi connectivity index (χ2n) is 4.79. The van der Waals surface area contributed by atoms with Gasteiger partial charge >= 0.3 is 0 Å². The summed E-state index contributed by atoms with van der Waals surface area (Å²) in [7, 11) is 0. The molecule has 2 rings (SSSR count). The molecule has 2 heterocycles. The summed E-state index contributed by atoms with van der Waals surface area (Å²) >= 11 is 7.69. The Morgan fingerprint density at radius 3 is 2.83 bits per heavy atom.